The first-order chi connectivity index (χ1) is 9.65. The number of aromatic nitrogens is 1. The average Bonchev–Trinajstić information content (AvgIpc) is 2.46. The minimum absolute atomic E-state index is 0.344. The largest absolute Gasteiger partial charge is 0.308 e. The van der Waals surface area contributed by atoms with E-state index in [-0.39, 0.29) is 0 Å². The minimum atomic E-state index is 0.344. The number of nitrogens with zero attached hydrogens (tertiary/aromatic N) is 1. The van der Waals surface area contributed by atoms with Crippen molar-refractivity contribution in [2.24, 2.45) is 0 Å². The molecule has 2 aromatic rings. The van der Waals surface area contributed by atoms with Gasteiger partial charge in [0.15, 0.2) is 0 Å². The van der Waals surface area contributed by atoms with E-state index in [1.165, 1.54) is 16.7 Å². The molecule has 0 amide bonds. The first-order valence-corrected chi connectivity index (χ1v) is 7.36. The summed E-state index contributed by atoms with van der Waals surface area (Å²) in [5.74, 6) is 0. The zero-order valence-electron chi connectivity index (χ0n) is 12.6. The Morgan fingerprint density at radius 2 is 2.00 bits per heavy atom. The van der Waals surface area contributed by atoms with Crippen molar-refractivity contribution in [1.82, 2.24) is 10.3 Å². The molecule has 1 aromatic carbocycles. The van der Waals surface area contributed by atoms with Gasteiger partial charge < -0.3 is 5.32 Å². The van der Waals surface area contributed by atoms with E-state index in [0.29, 0.717) is 12.1 Å². The van der Waals surface area contributed by atoms with E-state index in [4.69, 9.17) is 0 Å². The normalized spacial score (nSPS) is 13.9. The highest BCUT2D eigenvalue weighted by Crippen LogP contribution is 2.13. The Hall–Kier alpha value is -1.67. The average molecular weight is 268 g/mol. The molecule has 1 heterocycles. The minimum Gasteiger partial charge on any atom is -0.308 e. The van der Waals surface area contributed by atoms with Crippen LogP contribution in [0.2, 0.25) is 0 Å². The maximum absolute atomic E-state index is 4.18. The second-order valence-electron chi connectivity index (χ2n) is 5.60. The van der Waals surface area contributed by atoms with Gasteiger partial charge in [-0.3, -0.25) is 4.98 Å². The number of hydrogen-bond donors (Lipinski definition) is 1. The van der Waals surface area contributed by atoms with Crippen LogP contribution in [0.15, 0.2) is 48.8 Å². The van der Waals surface area contributed by atoms with Crippen molar-refractivity contribution in [3.63, 3.8) is 0 Å². The fraction of sp³-hybridized carbons (Fsp3) is 0.389. The van der Waals surface area contributed by atoms with Crippen molar-refractivity contribution in [3.8, 4) is 0 Å². The number of hydrogen-bond acceptors (Lipinski definition) is 2. The lowest BCUT2D eigenvalue weighted by atomic mass is 10.0. The molecule has 2 atom stereocenters. The summed E-state index contributed by atoms with van der Waals surface area (Å²) in [6.07, 6.45) is 6.02. The molecule has 0 spiro atoms. The lowest BCUT2D eigenvalue weighted by molar-refractivity contribution is 0.455. The molecule has 20 heavy (non-hydrogen) atoms. The van der Waals surface area contributed by atoms with Gasteiger partial charge in [0, 0.05) is 24.5 Å². The van der Waals surface area contributed by atoms with Crippen molar-refractivity contribution in [2.75, 3.05) is 0 Å². The topological polar surface area (TPSA) is 24.9 Å². The summed E-state index contributed by atoms with van der Waals surface area (Å²) >= 11 is 0. The van der Waals surface area contributed by atoms with Crippen LogP contribution in [0.4, 0.5) is 0 Å². The van der Waals surface area contributed by atoms with Gasteiger partial charge in [0.2, 0.25) is 0 Å². The van der Waals surface area contributed by atoms with E-state index in [1.54, 1.807) is 0 Å². The molecule has 0 bridgehead atoms. The predicted octanol–water partition coefficient (Wildman–Crippen LogP) is 4.06. The lowest BCUT2D eigenvalue weighted by Crippen LogP contribution is -2.29. The summed E-state index contributed by atoms with van der Waals surface area (Å²) in [6.45, 7) is 6.60. The summed E-state index contributed by atoms with van der Waals surface area (Å²) in [5, 5.41) is 3.64. The van der Waals surface area contributed by atoms with Gasteiger partial charge in [-0.1, -0.05) is 35.9 Å². The Bertz CT molecular complexity index is 522. The van der Waals surface area contributed by atoms with E-state index >= 15 is 0 Å². The van der Waals surface area contributed by atoms with Gasteiger partial charge in [-0.15, -0.1) is 0 Å². The van der Waals surface area contributed by atoms with E-state index < -0.39 is 0 Å². The summed E-state index contributed by atoms with van der Waals surface area (Å²) in [7, 11) is 0. The molecule has 1 aromatic heterocycles. The number of benzene rings is 1. The SMILES string of the molecule is Cc1cccc(CCC(C)N[C@H](C)c2cccnc2)c1. The van der Waals surface area contributed by atoms with Crippen LogP contribution in [0.25, 0.3) is 0 Å². The molecule has 0 fully saturated rings. The van der Waals surface area contributed by atoms with Crippen molar-refractivity contribution in [3.05, 3.63) is 65.5 Å². The second-order valence-corrected chi connectivity index (χ2v) is 5.60. The molecule has 2 heteroatoms. The van der Waals surface area contributed by atoms with Crippen LogP contribution in [0.1, 0.15) is 43.0 Å². The van der Waals surface area contributed by atoms with Gasteiger partial charge in [0.25, 0.3) is 0 Å². The summed E-state index contributed by atoms with van der Waals surface area (Å²) in [4.78, 5) is 4.18. The molecule has 1 unspecified atom stereocenters. The zero-order chi connectivity index (χ0) is 14.4. The highest BCUT2D eigenvalue weighted by atomic mass is 14.9. The van der Waals surface area contributed by atoms with Crippen molar-refractivity contribution in [1.29, 1.82) is 0 Å². The van der Waals surface area contributed by atoms with E-state index in [2.05, 4.69) is 61.4 Å². The van der Waals surface area contributed by atoms with E-state index in [9.17, 15) is 0 Å². The Balaban J connectivity index is 1.82. The summed E-state index contributed by atoms with van der Waals surface area (Å²) < 4.78 is 0. The zero-order valence-corrected chi connectivity index (χ0v) is 12.6. The van der Waals surface area contributed by atoms with Crippen LogP contribution in [0.3, 0.4) is 0 Å². The predicted molar refractivity (Wildman–Crippen MR) is 84.7 cm³/mol. The van der Waals surface area contributed by atoms with Crippen LogP contribution in [-0.4, -0.2) is 11.0 Å². The number of rotatable bonds is 6. The van der Waals surface area contributed by atoms with E-state index in [0.717, 1.165) is 12.8 Å². The third-order valence-electron chi connectivity index (χ3n) is 3.67. The van der Waals surface area contributed by atoms with Crippen LogP contribution in [0, 0.1) is 6.92 Å². The molecule has 0 aliphatic heterocycles. The molecule has 2 rings (SSSR count). The van der Waals surface area contributed by atoms with E-state index in [1.807, 2.05) is 18.5 Å². The monoisotopic (exact) mass is 268 g/mol. The molecule has 0 saturated carbocycles. The Labute approximate surface area is 122 Å². The molecule has 2 nitrogen and oxygen atoms in total. The third kappa shape index (κ3) is 4.46. The Kier molecular flexibility index (Phi) is 5.31. The fourth-order valence-corrected chi connectivity index (χ4v) is 2.49. The maximum atomic E-state index is 4.18. The van der Waals surface area contributed by atoms with Gasteiger partial charge >= 0.3 is 0 Å². The van der Waals surface area contributed by atoms with Gasteiger partial charge in [0.05, 0.1) is 0 Å². The fourth-order valence-electron chi connectivity index (χ4n) is 2.49. The number of nitrogens with one attached hydrogen (secondary N) is 1. The first-order valence-electron chi connectivity index (χ1n) is 7.36. The quantitative estimate of drug-likeness (QED) is 0.854. The molecule has 106 valence electrons. The van der Waals surface area contributed by atoms with Crippen LogP contribution >= 0.6 is 0 Å². The highest BCUT2D eigenvalue weighted by molar-refractivity contribution is 5.22. The standard InChI is InChI=1S/C18H24N2/c1-14-6-4-7-17(12-14)10-9-15(2)20-16(3)18-8-5-11-19-13-18/h4-8,11-13,15-16,20H,9-10H2,1-3H3/t15?,16-/m1/s1. The van der Waals surface area contributed by atoms with Gasteiger partial charge in [-0.2, -0.15) is 0 Å². The van der Waals surface area contributed by atoms with Crippen LogP contribution in [-0.2, 0) is 6.42 Å². The number of aryl methyl sites for hydroxylation is 2. The van der Waals surface area contributed by atoms with Crippen molar-refractivity contribution >= 4 is 0 Å². The molecule has 1 N–H and O–H groups in total. The van der Waals surface area contributed by atoms with Crippen LogP contribution in [0.5, 0.6) is 0 Å². The first kappa shape index (κ1) is 14.7. The van der Waals surface area contributed by atoms with Gasteiger partial charge in [-0.05, 0) is 50.8 Å². The molecule has 0 radical (unpaired) electrons. The highest BCUT2D eigenvalue weighted by Gasteiger charge is 2.09. The van der Waals surface area contributed by atoms with Crippen molar-refractivity contribution in [2.45, 2.75) is 45.7 Å². The third-order valence-corrected chi connectivity index (χ3v) is 3.67. The van der Waals surface area contributed by atoms with Crippen LogP contribution < -0.4 is 5.32 Å². The lowest BCUT2D eigenvalue weighted by Gasteiger charge is -2.20. The molecule has 0 saturated heterocycles. The van der Waals surface area contributed by atoms with Gasteiger partial charge in [-0.25, -0.2) is 0 Å². The van der Waals surface area contributed by atoms with Gasteiger partial charge in [0.1, 0.15) is 0 Å². The maximum Gasteiger partial charge on any atom is 0.0315 e. The summed E-state index contributed by atoms with van der Waals surface area (Å²) in [5.41, 5.74) is 4.01. The number of pyridine rings is 1. The molecular formula is C18H24N2. The Morgan fingerprint density at radius 3 is 2.70 bits per heavy atom. The molecular weight excluding hydrogens is 244 g/mol. The molecule has 0 aliphatic rings. The smallest absolute Gasteiger partial charge is 0.0315 e. The molecule has 0 aliphatic carbocycles. The Morgan fingerprint density at radius 1 is 1.15 bits per heavy atom. The van der Waals surface area contributed by atoms with Crippen molar-refractivity contribution < 1.29 is 0 Å². The second kappa shape index (κ2) is 7.20. The summed E-state index contributed by atoms with van der Waals surface area (Å²) in [6, 6.07) is 13.7.